The minimum absolute atomic E-state index is 0.370. The van der Waals surface area contributed by atoms with E-state index >= 15 is 0 Å². The lowest BCUT2D eigenvalue weighted by atomic mass is 10.1. The van der Waals surface area contributed by atoms with Gasteiger partial charge in [-0.25, -0.2) is 4.79 Å². The monoisotopic (exact) mass is 246 g/mol. The molecule has 1 aromatic heterocycles. The average molecular weight is 246 g/mol. The van der Waals surface area contributed by atoms with Gasteiger partial charge in [0.15, 0.2) is 0 Å². The highest BCUT2D eigenvalue weighted by atomic mass is 16.4. The van der Waals surface area contributed by atoms with Crippen LogP contribution in [0, 0.1) is 0 Å². The molecule has 0 saturated heterocycles. The molecule has 0 fully saturated rings. The zero-order chi connectivity index (χ0) is 13.0. The van der Waals surface area contributed by atoms with Crippen molar-refractivity contribution < 1.29 is 9.52 Å². The van der Waals surface area contributed by atoms with Crippen molar-refractivity contribution in [1.29, 1.82) is 0 Å². The fraction of sp³-hybridized carbons (Fsp3) is 0.400. The smallest absolute Gasteiger partial charge is 0.343 e. The van der Waals surface area contributed by atoms with Crippen LogP contribution in [0.5, 0.6) is 0 Å². The number of hydrogen-bond donors (Lipinski definition) is 1. The van der Waals surface area contributed by atoms with Gasteiger partial charge in [0.25, 0.3) is 0 Å². The van der Waals surface area contributed by atoms with Gasteiger partial charge in [0.2, 0.25) is 0 Å². The van der Waals surface area contributed by atoms with Crippen molar-refractivity contribution in [2.24, 2.45) is 0 Å². The quantitative estimate of drug-likeness (QED) is 0.822. The summed E-state index contributed by atoms with van der Waals surface area (Å²) in [7, 11) is 0. The Morgan fingerprint density at radius 1 is 1.28 bits per heavy atom. The highest BCUT2D eigenvalue weighted by Gasteiger charge is 2.12. The van der Waals surface area contributed by atoms with Crippen LogP contribution in [0.2, 0.25) is 0 Å². The molecule has 3 nitrogen and oxygen atoms in total. The SMILES string of the molecule is CCCCC[C@@H](O)c1cc2ccccc2c(=O)o1. The van der Waals surface area contributed by atoms with E-state index < -0.39 is 6.10 Å². The Kier molecular flexibility index (Phi) is 4.15. The summed E-state index contributed by atoms with van der Waals surface area (Å²) in [5.41, 5.74) is -0.377. The predicted molar refractivity (Wildman–Crippen MR) is 71.6 cm³/mol. The molecular weight excluding hydrogens is 228 g/mol. The van der Waals surface area contributed by atoms with Crippen LogP contribution < -0.4 is 5.63 Å². The van der Waals surface area contributed by atoms with Crippen molar-refractivity contribution in [3.63, 3.8) is 0 Å². The van der Waals surface area contributed by atoms with E-state index in [0.29, 0.717) is 17.6 Å². The molecule has 0 aliphatic carbocycles. The van der Waals surface area contributed by atoms with Crippen LogP contribution in [0.4, 0.5) is 0 Å². The van der Waals surface area contributed by atoms with E-state index in [0.717, 1.165) is 24.6 Å². The molecule has 3 heteroatoms. The Bertz CT molecular complexity index is 571. The van der Waals surface area contributed by atoms with Gasteiger partial charge in [-0.3, -0.25) is 0 Å². The average Bonchev–Trinajstić information content (AvgIpc) is 2.39. The molecule has 1 atom stereocenters. The standard InChI is InChI=1S/C15H18O3/c1-2-3-4-9-13(16)14-10-11-7-5-6-8-12(11)15(17)18-14/h5-8,10,13,16H,2-4,9H2,1H3/t13-/m1/s1. The topological polar surface area (TPSA) is 50.4 Å². The minimum Gasteiger partial charge on any atom is -0.425 e. The molecule has 2 aromatic rings. The maximum absolute atomic E-state index is 11.8. The van der Waals surface area contributed by atoms with Crippen LogP contribution in [0.25, 0.3) is 10.8 Å². The molecule has 0 aliphatic heterocycles. The maximum atomic E-state index is 11.8. The van der Waals surface area contributed by atoms with Crippen molar-refractivity contribution in [3.05, 3.63) is 46.5 Å². The van der Waals surface area contributed by atoms with Gasteiger partial charge in [-0.15, -0.1) is 0 Å². The number of rotatable bonds is 5. The van der Waals surface area contributed by atoms with Gasteiger partial charge >= 0.3 is 5.63 Å². The van der Waals surface area contributed by atoms with Crippen LogP contribution in [0.15, 0.2) is 39.5 Å². The van der Waals surface area contributed by atoms with E-state index in [1.54, 1.807) is 18.2 Å². The minimum atomic E-state index is -0.686. The van der Waals surface area contributed by atoms with Crippen LogP contribution in [0.1, 0.15) is 44.5 Å². The Morgan fingerprint density at radius 2 is 2.06 bits per heavy atom. The normalized spacial score (nSPS) is 12.8. The Labute approximate surface area is 106 Å². The lowest BCUT2D eigenvalue weighted by molar-refractivity contribution is 0.133. The van der Waals surface area contributed by atoms with E-state index in [4.69, 9.17) is 4.42 Å². The number of aliphatic hydroxyl groups excluding tert-OH is 1. The zero-order valence-corrected chi connectivity index (χ0v) is 10.6. The molecule has 0 aliphatic rings. The summed E-state index contributed by atoms with van der Waals surface area (Å²) in [6, 6.07) is 9.02. The molecule has 0 saturated carbocycles. The van der Waals surface area contributed by atoms with Crippen molar-refractivity contribution in [2.75, 3.05) is 0 Å². The summed E-state index contributed by atoms with van der Waals surface area (Å²) in [5, 5.41) is 11.4. The van der Waals surface area contributed by atoms with E-state index in [9.17, 15) is 9.90 Å². The van der Waals surface area contributed by atoms with Gasteiger partial charge in [0, 0.05) is 0 Å². The van der Waals surface area contributed by atoms with E-state index in [2.05, 4.69) is 6.92 Å². The second-order valence-corrected chi connectivity index (χ2v) is 4.54. The van der Waals surface area contributed by atoms with Crippen LogP contribution >= 0.6 is 0 Å². The number of unbranched alkanes of at least 4 members (excludes halogenated alkanes) is 2. The lowest BCUT2D eigenvalue weighted by Crippen LogP contribution is -2.06. The van der Waals surface area contributed by atoms with E-state index in [1.807, 2.05) is 12.1 Å². The zero-order valence-electron chi connectivity index (χ0n) is 10.6. The summed E-state index contributed by atoms with van der Waals surface area (Å²) >= 11 is 0. The first-order chi connectivity index (χ1) is 8.72. The van der Waals surface area contributed by atoms with Crippen LogP contribution in [-0.2, 0) is 0 Å². The molecule has 0 bridgehead atoms. The number of hydrogen-bond acceptors (Lipinski definition) is 3. The molecule has 0 spiro atoms. The van der Waals surface area contributed by atoms with E-state index in [1.165, 1.54) is 0 Å². The van der Waals surface area contributed by atoms with Crippen molar-refractivity contribution >= 4 is 10.8 Å². The van der Waals surface area contributed by atoms with Crippen molar-refractivity contribution in [1.82, 2.24) is 0 Å². The van der Waals surface area contributed by atoms with Gasteiger partial charge in [-0.2, -0.15) is 0 Å². The molecule has 0 amide bonds. The second kappa shape index (κ2) is 5.83. The molecule has 1 heterocycles. The van der Waals surface area contributed by atoms with E-state index in [-0.39, 0.29) is 5.63 Å². The van der Waals surface area contributed by atoms with Crippen LogP contribution in [0.3, 0.4) is 0 Å². The summed E-state index contributed by atoms with van der Waals surface area (Å²) in [4.78, 5) is 11.8. The van der Waals surface area contributed by atoms with Crippen LogP contribution in [-0.4, -0.2) is 5.11 Å². The highest BCUT2D eigenvalue weighted by Crippen LogP contribution is 2.21. The van der Waals surface area contributed by atoms with Gasteiger partial charge in [-0.1, -0.05) is 44.4 Å². The van der Waals surface area contributed by atoms with Gasteiger partial charge in [0.05, 0.1) is 5.39 Å². The summed E-state index contributed by atoms with van der Waals surface area (Å²) < 4.78 is 5.18. The predicted octanol–water partition coefficient (Wildman–Crippen LogP) is 3.41. The summed E-state index contributed by atoms with van der Waals surface area (Å²) in [6.45, 7) is 2.11. The van der Waals surface area contributed by atoms with Gasteiger partial charge in [-0.05, 0) is 23.9 Å². The Balaban J connectivity index is 2.26. The van der Waals surface area contributed by atoms with Gasteiger partial charge < -0.3 is 9.52 Å². The largest absolute Gasteiger partial charge is 0.425 e. The van der Waals surface area contributed by atoms with Crippen molar-refractivity contribution in [2.45, 2.75) is 38.7 Å². The van der Waals surface area contributed by atoms with Crippen molar-refractivity contribution in [3.8, 4) is 0 Å². The molecule has 96 valence electrons. The Morgan fingerprint density at radius 3 is 2.83 bits per heavy atom. The number of benzene rings is 1. The fourth-order valence-corrected chi connectivity index (χ4v) is 2.05. The highest BCUT2D eigenvalue weighted by molar-refractivity contribution is 5.81. The first-order valence-electron chi connectivity index (χ1n) is 6.43. The third kappa shape index (κ3) is 2.79. The molecule has 2 rings (SSSR count). The lowest BCUT2D eigenvalue weighted by Gasteiger charge is -2.09. The third-order valence-corrected chi connectivity index (χ3v) is 3.10. The maximum Gasteiger partial charge on any atom is 0.343 e. The summed E-state index contributed by atoms with van der Waals surface area (Å²) in [5.74, 6) is 0.370. The third-order valence-electron chi connectivity index (χ3n) is 3.10. The first-order valence-corrected chi connectivity index (χ1v) is 6.43. The van der Waals surface area contributed by atoms with Gasteiger partial charge in [0.1, 0.15) is 11.9 Å². The molecule has 18 heavy (non-hydrogen) atoms. The summed E-state index contributed by atoms with van der Waals surface area (Å²) in [6.07, 6.45) is 3.07. The molecule has 0 radical (unpaired) electrons. The number of aliphatic hydroxyl groups is 1. The molecular formula is C15H18O3. The number of fused-ring (bicyclic) bond motifs is 1. The molecule has 1 N–H and O–H groups in total. The molecule has 1 aromatic carbocycles. The second-order valence-electron chi connectivity index (χ2n) is 4.54. The Hall–Kier alpha value is -1.61. The fourth-order valence-electron chi connectivity index (χ4n) is 2.05. The first kappa shape index (κ1) is 12.8. The molecule has 0 unspecified atom stereocenters.